The van der Waals surface area contributed by atoms with Crippen LogP contribution in [-0.2, 0) is 6.54 Å². The Morgan fingerprint density at radius 3 is 2.74 bits per heavy atom. The molecule has 1 aromatic carbocycles. The van der Waals surface area contributed by atoms with Gasteiger partial charge in [-0.25, -0.2) is 0 Å². The summed E-state index contributed by atoms with van der Waals surface area (Å²) in [4.78, 5) is 0. The summed E-state index contributed by atoms with van der Waals surface area (Å²) in [6, 6.07) is 6.00. The van der Waals surface area contributed by atoms with Crippen LogP contribution in [0, 0.1) is 0 Å². The molecule has 0 fully saturated rings. The molecule has 0 aliphatic rings. The third kappa shape index (κ3) is 3.50. The minimum Gasteiger partial charge on any atom is -0.313 e. The van der Waals surface area contributed by atoms with Crippen LogP contribution in [0.4, 0.5) is 0 Å². The molecule has 2 aromatic rings. The second-order valence-corrected chi connectivity index (χ2v) is 5.28. The zero-order valence-corrected chi connectivity index (χ0v) is 12.5. The summed E-state index contributed by atoms with van der Waals surface area (Å²) in [5.41, 5.74) is 2.28. The maximum atomic E-state index is 6.01. The van der Waals surface area contributed by atoms with Crippen LogP contribution in [0.5, 0.6) is 0 Å². The molecule has 1 atom stereocenters. The molecule has 0 spiro atoms. The molecule has 0 radical (unpaired) electrons. The first kappa shape index (κ1) is 14.4. The number of aromatic nitrogens is 2. The van der Waals surface area contributed by atoms with Crippen molar-refractivity contribution in [3.8, 4) is 0 Å². The highest BCUT2D eigenvalue weighted by molar-refractivity contribution is 6.42. The molecule has 3 nitrogen and oxygen atoms in total. The van der Waals surface area contributed by atoms with E-state index in [1.165, 1.54) is 5.56 Å². The lowest BCUT2D eigenvalue weighted by molar-refractivity contribution is 0.575. The van der Waals surface area contributed by atoms with E-state index in [4.69, 9.17) is 23.2 Å². The molecule has 0 amide bonds. The molecule has 102 valence electrons. The predicted octanol–water partition coefficient (Wildman–Crippen LogP) is 3.91. The van der Waals surface area contributed by atoms with Gasteiger partial charge < -0.3 is 5.32 Å². The van der Waals surface area contributed by atoms with Crippen LogP contribution in [0.15, 0.2) is 30.6 Å². The van der Waals surface area contributed by atoms with Crippen LogP contribution in [0.1, 0.15) is 30.5 Å². The van der Waals surface area contributed by atoms with E-state index < -0.39 is 0 Å². The minimum atomic E-state index is 0.350. The number of nitrogens with zero attached hydrogens (tertiary/aromatic N) is 2. The molecular weight excluding hydrogens is 281 g/mol. The smallest absolute Gasteiger partial charge is 0.0660 e. The van der Waals surface area contributed by atoms with Crippen molar-refractivity contribution in [3.63, 3.8) is 0 Å². The fraction of sp³-hybridized carbons (Fsp3) is 0.357. The van der Waals surface area contributed by atoms with Crippen LogP contribution in [0.25, 0.3) is 0 Å². The van der Waals surface area contributed by atoms with Gasteiger partial charge in [0.25, 0.3) is 0 Å². The lowest BCUT2D eigenvalue weighted by atomic mass is 10.1. The normalized spacial score (nSPS) is 12.6. The summed E-state index contributed by atoms with van der Waals surface area (Å²) >= 11 is 11.9. The number of halogens is 2. The highest BCUT2D eigenvalue weighted by Gasteiger charge is 2.09. The number of hydrogen-bond donors (Lipinski definition) is 1. The van der Waals surface area contributed by atoms with E-state index in [9.17, 15) is 0 Å². The van der Waals surface area contributed by atoms with Crippen molar-refractivity contribution >= 4 is 23.2 Å². The molecule has 2 rings (SSSR count). The van der Waals surface area contributed by atoms with Gasteiger partial charge in [0, 0.05) is 17.8 Å². The summed E-state index contributed by atoms with van der Waals surface area (Å²) in [6.07, 6.45) is 5.00. The van der Waals surface area contributed by atoms with Gasteiger partial charge in [0.05, 0.1) is 22.8 Å². The Kier molecular flexibility index (Phi) is 4.86. The molecule has 19 heavy (non-hydrogen) atoms. The van der Waals surface area contributed by atoms with Crippen LogP contribution in [0.3, 0.4) is 0 Å². The van der Waals surface area contributed by atoms with Gasteiger partial charge in [0.15, 0.2) is 0 Å². The summed E-state index contributed by atoms with van der Waals surface area (Å²) in [6.45, 7) is 2.84. The van der Waals surface area contributed by atoms with E-state index in [1.807, 2.05) is 36.1 Å². The number of rotatable bonds is 5. The van der Waals surface area contributed by atoms with E-state index in [0.717, 1.165) is 12.0 Å². The van der Waals surface area contributed by atoms with Gasteiger partial charge in [0.2, 0.25) is 0 Å². The molecule has 0 saturated heterocycles. The van der Waals surface area contributed by atoms with Crippen LogP contribution < -0.4 is 5.32 Å². The van der Waals surface area contributed by atoms with Crippen LogP contribution in [-0.4, -0.2) is 16.8 Å². The van der Waals surface area contributed by atoms with E-state index in [2.05, 4.69) is 23.5 Å². The maximum Gasteiger partial charge on any atom is 0.0660 e. The summed E-state index contributed by atoms with van der Waals surface area (Å²) < 4.78 is 1.91. The van der Waals surface area contributed by atoms with E-state index in [1.54, 1.807) is 0 Å². The van der Waals surface area contributed by atoms with Gasteiger partial charge in [-0.15, -0.1) is 0 Å². The van der Waals surface area contributed by atoms with E-state index in [0.29, 0.717) is 22.6 Å². The Hall–Kier alpha value is -1.03. The molecule has 0 bridgehead atoms. The van der Waals surface area contributed by atoms with Gasteiger partial charge in [0.1, 0.15) is 0 Å². The number of nitrogens with one attached hydrogen (secondary N) is 1. The zero-order valence-electron chi connectivity index (χ0n) is 11.0. The standard InChI is InChI=1S/C14H17Cl2N3/c1-3-14(17-2)11-7-18-19(9-11)8-10-4-5-12(15)13(16)6-10/h4-7,9,14,17H,3,8H2,1-2H3. The van der Waals surface area contributed by atoms with Crippen molar-refractivity contribution in [2.75, 3.05) is 7.05 Å². The Morgan fingerprint density at radius 1 is 1.32 bits per heavy atom. The first-order valence-corrected chi connectivity index (χ1v) is 7.03. The topological polar surface area (TPSA) is 29.9 Å². The third-order valence-electron chi connectivity index (χ3n) is 3.14. The first-order chi connectivity index (χ1) is 9.13. The van der Waals surface area contributed by atoms with Gasteiger partial charge in [-0.05, 0) is 31.2 Å². The van der Waals surface area contributed by atoms with Gasteiger partial charge in [-0.2, -0.15) is 5.10 Å². The van der Waals surface area contributed by atoms with Crippen molar-refractivity contribution < 1.29 is 0 Å². The fourth-order valence-corrected chi connectivity index (χ4v) is 2.40. The third-order valence-corrected chi connectivity index (χ3v) is 3.88. The Bertz CT molecular complexity index is 547. The van der Waals surface area contributed by atoms with Crippen molar-refractivity contribution in [1.29, 1.82) is 0 Å². The average molecular weight is 298 g/mol. The molecule has 1 unspecified atom stereocenters. The summed E-state index contributed by atoms with van der Waals surface area (Å²) in [7, 11) is 1.96. The zero-order chi connectivity index (χ0) is 13.8. The molecule has 5 heteroatoms. The Morgan fingerprint density at radius 2 is 2.11 bits per heavy atom. The van der Waals surface area contributed by atoms with Gasteiger partial charge >= 0.3 is 0 Å². The largest absolute Gasteiger partial charge is 0.313 e. The Labute approximate surface area is 123 Å². The molecule has 1 aromatic heterocycles. The quantitative estimate of drug-likeness (QED) is 0.907. The minimum absolute atomic E-state index is 0.350. The lowest BCUT2D eigenvalue weighted by Gasteiger charge is -2.10. The first-order valence-electron chi connectivity index (χ1n) is 6.27. The van der Waals surface area contributed by atoms with Crippen molar-refractivity contribution in [2.45, 2.75) is 25.9 Å². The molecule has 1 heterocycles. The molecule has 0 aliphatic heterocycles. The SMILES string of the molecule is CCC(NC)c1cnn(Cc2ccc(Cl)c(Cl)c2)c1. The predicted molar refractivity (Wildman–Crippen MR) is 79.9 cm³/mol. The molecule has 0 saturated carbocycles. The highest BCUT2D eigenvalue weighted by atomic mass is 35.5. The average Bonchev–Trinajstić information content (AvgIpc) is 2.84. The summed E-state index contributed by atoms with van der Waals surface area (Å²) in [5, 5.41) is 8.80. The molecule has 0 aliphatic carbocycles. The second-order valence-electron chi connectivity index (χ2n) is 4.47. The monoisotopic (exact) mass is 297 g/mol. The van der Waals surface area contributed by atoms with Gasteiger partial charge in [-0.3, -0.25) is 4.68 Å². The van der Waals surface area contributed by atoms with Crippen molar-refractivity contribution in [1.82, 2.24) is 15.1 Å². The molecule has 1 N–H and O–H groups in total. The molecular formula is C14H17Cl2N3. The van der Waals surface area contributed by atoms with Crippen LogP contribution in [0.2, 0.25) is 10.0 Å². The van der Waals surface area contributed by atoms with Crippen LogP contribution >= 0.6 is 23.2 Å². The second kappa shape index (κ2) is 6.42. The highest BCUT2D eigenvalue weighted by Crippen LogP contribution is 2.23. The van der Waals surface area contributed by atoms with E-state index in [-0.39, 0.29) is 0 Å². The Balaban J connectivity index is 2.13. The lowest BCUT2D eigenvalue weighted by Crippen LogP contribution is -2.14. The number of hydrogen-bond acceptors (Lipinski definition) is 2. The summed E-state index contributed by atoms with van der Waals surface area (Å²) in [5.74, 6) is 0. The van der Waals surface area contributed by atoms with E-state index >= 15 is 0 Å². The maximum absolute atomic E-state index is 6.01. The fourth-order valence-electron chi connectivity index (χ4n) is 2.08. The van der Waals surface area contributed by atoms with Crippen molar-refractivity contribution in [2.24, 2.45) is 0 Å². The number of benzene rings is 1. The van der Waals surface area contributed by atoms with Crippen molar-refractivity contribution in [3.05, 3.63) is 51.8 Å². The van der Waals surface area contributed by atoms with Gasteiger partial charge in [-0.1, -0.05) is 36.2 Å².